The van der Waals surface area contributed by atoms with Crippen molar-refractivity contribution in [1.29, 1.82) is 0 Å². The van der Waals surface area contributed by atoms with Crippen molar-refractivity contribution in [1.82, 2.24) is 4.57 Å². The van der Waals surface area contributed by atoms with Gasteiger partial charge in [0.05, 0.1) is 12.3 Å². The molecule has 2 N–H and O–H groups in total. The average molecular weight is 287 g/mol. The summed E-state index contributed by atoms with van der Waals surface area (Å²) in [6, 6.07) is 3.27. The minimum absolute atomic E-state index is 0.0569. The highest BCUT2D eigenvalue weighted by atomic mass is 20.0. The van der Waals surface area contributed by atoms with Gasteiger partial charge in [0.2, 0.25) is 0 Å². The first-order valence-corrected chi connectivity index (χ1v) is 4.94. The molecule has 0 saturated carbocycles. The number of halogens is 4. The number of aliphatic hydroxyl groups excluding tert-OH is 1. The van der Waals surface area contributed by atoms with Gasteiger partial charge in [0.1, 0.15) is 0 Å². The van der Waals surface area contributed by atoms with Gasteiger partial charge in [-0.25, -0.2) is 0 Å². The largest absolute Gasteiger partial charge is 0.481 e. The zero-order valence-corrected chi connectivity index (χ0v) is 9.73. The van der Waals surface area contributed by atoms with Crippen LogP contribution >= 0.6 is 0 Å². The molecule has 0 unspecified atom stereocenters. The molecular weight excluding hydrogens is 274 g/mol. The maximum absolute atomic E-state index is 10.6. The number of carbonyl (C=O) groups excluding carboxylic acids is 1. The van der Waals surface area contributed by atoms with Crippen LogP contribution in [0.25, 0.3) is 0 Å². The van der Waals surface area contributed by atoms with Gasteiger partial charge in [0, 0.05) is 37.0 Å². The topological polar surface area (TPSA) is 79.5 Å². The SMILES string of the molecule is FF.FF.O=Cc1ccc(CO)n1CCCC(=O)O. The Morgan fingerprint density at radius 1 is 1.26 bits per heavy atom. The number of carboxylic acid groups (broad SMARTS) is 1. The van der Waals surface area contributed by atoms with Crippen LogP contribution in [0, 0.1) is 0 Å². The van der Waals surface area contributed by atoms with E-state index in [-0.39, 0.29) is 13.0 Å². The van der Waals surface area contributed by atoms with E-state index in [9.17, 15) is 9.59 Å². The number of carboxylic acids is 1. The maximum atomic E-state index is 10.6. The van der Waals surface area contributed by atoms with Gasteiger partial charge >= 0.3 is 5.97 Å². The van der Waals surface area contributed by atoms with Gasteiger partial charge in [-0.1, -0.05) is 0 Å². The van der Waals surface area contributed by atoms with Crippen LogP contribution in [0.4, 0.5) is 18.3 Å². The number of carbonyl (C=O) groups is 2. The Morgan fingerprint density at radius 2 is 1.84 bits per heavy atom. The number of aldehydes is 1. The van der Waals surface area contributed by atoms with Gasteiger partial charge in [-0.3, -0.25) is 9.59 Å². The highest BCUT2D eigenvalue weighted by molar-refractivity contribution is 5.72. The molecule has 1 aromatic heterocycles. The molecule has 0 aromatic carbocycles. The molecule has 110 valence electrons. The predicted molar refractivity (Wildman–Crippen MR) is 57.0 cm³/mol. The quantitative estimate of drug-likeness (QED) is 0.621. The summed E-state index contributed by atoms with van der Waals surface area (Å²) in [6.07, 6.45) is 1.19. The molecule has 0 atom stereocenters. The molecule has 0 spiro atoms. The second kappa shape index (κ2) is 12.6. The number of aliphatic carboxylic acids is 1. The standard InChI is InChI=1S/C10H13NO4.2F2/c12-6-8-3-4-9(7-13)11(8)5-1-2-10(14)15;2*1-2/h3-4,6,13H,1-2,5,7H2,(H,14,15);;. The molecule has 0 amide bonds. The molecule has 5 nitrogen and oxygen atoms in total. The summed E-state index contributed by atoms with van der Waals surface area (Å²) in [4.78, 5) is 20.9. The Labute approximate surface area is 105 Å². The molecule has 0 saturated heterocycles. The molecule has 1 heterocycles. The average Bonchev–Trinajstić information content (AvgIpc) is 2.85. The van der Waals surface area contributed by atoms with Crippen molar-refractivity contribution >= 4 is 12.3 Å². The van der Waals surface area contributed by atoms with Crippen molar-refractivity contribution in [3.05, 3.63) is 23.5 Å². The fraction of sp³-hybridized carbons (Fsp3) is 0.400. The fourth-order valence-electron chi connectivity index (χ4n) is 1.43. The van der Waals surface area contributed by atoms with Crippen molar-refractivity contribution in [3.8, 4) is 0 Å². The molecule has 1 rings (SSSR count). The van der Waals surface area contributed by atoms with E-state index in [1.807, 2.05) is 0 Å². The third-order valence-corrected chi connectivity index (χ3v) is 2.16. The highest BCUT2D eigenvalue weighted by Gasteiger charge is 2.07. The van der Waals surface area contributed by atoms with E-state index in [0.29, 0.717) is 30.6 Å². The maximum Gasteiger partial charge on any atom is 0.303 e. The monoisotopic (exact) mass is 287 g/mol. The van der Waals surface area contributed by atoms with Gasteiger partial charge in [0.15, 0.2) is 6.29 Å². The third kappa shape index (κ3) is 7.19. The normalized spacial score (nSPS) is 8.68. The van der Waals surface area contributed by atoms with Crippen molar-refractivity contribution in [2.24, 2.45) is 0 Å². The summed E-state index contributed by atoms with van der Waals surface area (Å²) < 4.78 is 33.6. The molecule has 0 aliphatic rings. The molecule has 1 aromatic rings. The minimum Gasteiger partial charge on any atom is -0.481 e. The van der Waals surface area contributed by atoms with Gasteiger partial charge < -0.3 is 14.8 Å². The van der Waals surface area contributed by atoms with Crippen LogP contribution in [0.2, 0.25) is 0 Å². The highest BCUT2D eigenvalue weighted by Crippen LogP contribution is 2.09. The van der Waals surface area contributed by atoms with Gasteiger partial charge in [-0.2, -0.15) is 0 Å². The second-order valence-electron chi connectivity index (χ2n) is 3.17. The van der Waals surface area contributed by atoms with Crippen molar-refractivity contribution < 1.29 is 38.1 Å². The number of nitrogens with zero attached hydrogens (tertiary/aromatic N) is 1. The van der Waals surface area contributed by atoms with Crippen molar-refractivity contribution in [3.63, 3.8) is 0 Å². The lowest BCUT2D eigenvalue weighted by Crippen LogP contribution is -2.08. The van der Waals surface area contributed by atoms with E-state index in [0.717, 1.165) is 0 Å². The number of rotatable bonds is 6. The van der Waals surface area contributed by atoms with Crippen LogP contribution in [0.1, 0.15) is 29.0 Å². The lowest BCUT2D eigenvalue weighted by Gasteiger charge is -2.08. The molecule has 0 radical (unpaired) electrons. The van der Waals surface area contributed by atoms with Crippen LogP contribution < -0.4 is 0 Å². The van der Waals surface area contributed by atoms with Crippen LogP contribution in [-0.2, 0) is 17.9 Å². The van der Waals surface area contributed by atoms with Crippen LogP contribution in [-0.4, -0.2) is 27.0 Å². The predicted octanol–water partition coefficient (Wildman–Crippen LogP) is 2.34. The second-order valence-corrected chi connectivity index (χ2v) is 3.17. The zero-order valence-electron chi connectivity index (χ0n) is 9.73. The van der Waals surface area contributed by atoms with Gasteiger partial charge in [-0.05, 0) is 18.6 Å². The molecule has 19 heavy (non-hydrogen) atoms. The first kappa shape index (κ1) is 19.4. The van der Waals surface area contributed by atoms with E-state index in [2.05, 4.69) is 0 Å². The zero-order chi connectivity index (χ0) is 15.3. The minimum atomic E-state index is -0.861. The van der Waals surface area contributed by atoms with Crippen molar-refractivity contribution in [2.45, 2.75) is 26.0 Å². The lowest BCUT2D eigenvalue weighted by molar-refractivity contribution is -0.137. The Morgan fingerprint density at radius 3 is 2.26 bits per heavy atom. The number of aromatic nitrogens is 1. The number of aliphatic hydroxyl groups is 1. The first-order chi connectivity index (χ1) is 9.19. The van der Waals surface area contributed by atoms with E-state index < -0.39 is 5.97 Å². The Balaban J connectivity index is 0. The molecule has 0 aliphatic heterocycles. The number of hydrogen-bond donors (Lipinski definition) is 2. The Kier molecular flexibility index (Phi) is 12.8. The van der Waals surface area contributed by atoms with E-state index >= 15 is 0 Å². The molecule has 0 aliphatic carbocycles. The summed E-state index contributed by atoms with van der Waals surface area (Å²) in [5.41, 5.74) is 1.09. The van der Waals surface area contributed by atoms with Gasteiger partial charge in [0.25, 0.3) is 0 Å². The summed E-state index contributed by atoms with van der Waals surface area (Å²) in [5, 5.41) is 17.4. The summed E-state index contributed by atoms with van der Waals surface area (Å²) in [5.74, 6) is -0.861. The molecule has 0 bridgehead atoms. The van der Waals surface area contributed by atoms with Crippen LogP contribution in [0.5, 0.6) is 0 Å². The Bertz CT molecular complexity index is 370. The molecule has 9 heteroatoms. The fourth-order valence-corrected chi connectivity index (χ4v) is 1.43. The smallest absolute Gasteiger partial charge is 0.303 e. The summed E-state index contributed by atoms with van der Waals surface area (Å²) in [6.45, 7) is 0.282. The molecule has 0 fully saturated rings. The lowest BCUT2D eigenvalue weighted by atomic mass is 10.3. The van der Waals surface area contributed by atoms with Crippen molar-refractivity contribution in [2.75, 3.05) is 0 Å². The van der Waals surface area contributed by atoms with Crippen LogP contribution in [0.15, 0.2) is 12.1 Å². The van der Waals surface area contributed by atoms with E-state index in [1.54, 1.807) is 16.7 Å². The number of hydrogen-bond acceptors (Lipinski definition) is 3. The molecular formula is C10H13F4NO4. The van der Waals surface area contributed by atoms with Gasteiger partial charge in [-0.15, -0.1) is 0 Å². The van der Waals surface area contributed by atoms with Crippen LogP contribution in [0.3, 0.4) is 0 Å². The third-order valence-electron chi connectivity index (χ3n) is 2.16. The Hall–Kier alpha value is -1.90. The first-order valence-electron chi connectivity index (χ1n) is 4.94. The van der Waals surface area contributed by atoms with E-state index in [1.165, 1.54) is 0 Å². The summed E-state index contributed by atoms with van der Waals surface area (Å²) >= 11 is 0. The summed E-state index contributed by atoms with van der Waals surface area (Å²) in [7, 11) is 0. The van der Waals surface area contributed by atoms with E-state index in [4.69, 9.17) is 28.5 Å².